The maximum Gasteiger partial charge on any atom is 0.303 e. The normalized spacial score (nSPS) is 16.8. The van der Waals surface area contributed by atoms with Crippen molar-refractivity contribution in [2.24, 2.45) is 5.92 Å². The Kier molecular flexibility index (Phi) is 4.12. The van der Waals surface area contributed by atoms with Crippen LogP contribution in [0.1, 0.15) is 31.9 Å². The van der Waals surface area contributed by atoms with Crippen LogP contribution < -0.4 is 4.90 Å². The lowest BCUT2D eigenvalue weighted by Crippen LogP contribution is -2.35. The van der Waals surface area contributed by atoms with E-state index in [0.29, 0.717) is 5.92 Å². The lowest BCUT2D eigenvalue weighted by Gasteiger charge is -2.32. The Hall–Kier alpha value is -1.65. The zero-order chi connectivity index (χ0) is 13.0. The molecule has 5 heteroatoms. The van der Waals surface area contributed by atoms with Gasteiger partial charge in [0.25, 0.3) is 0 Å². The van der Waals surface area contributed by atoms with Gasteiger partial charge in [-0.15, -0.1) is 0 Å². The molecule has 0 atom stereocenters. The van der Waals surface area contributed by atoms with Crippen molar-refractivity contribution < 1.29 is 9.90 Å². The van der Waals surface area contributed by atoms with E-state index >= 15 is 0 Å². The number of aryl methyl sites for hydroxylation is 1. The first-order valence-electron chi connectivity index (χ1n) is 6.46. The van der Waals surface area contributed by atoms with Gasteiger partial charge in [0.15, 0.2) is 0 Å². The van der Waals surface area contributed by atoms with Gasteiger partial charge in [0.2, 0.25) is 0 Å². The van der Waals surface area contributed by atoms with Crippen LogP contribution in [0.5, 0.6) is 0 Å². The van der Waals surface area contributed by atoms with Crippen LogP contribution in [0, 0.1) is 5.92 Å². The van der Waals surface area contributed by atoms with Crippen molar-refractivity contribution in [2.75, 3.05) is 18.0 Å². The number of aliphatic carboxylic acids is 1. The summed E-state index contributed by atoms with van der Waals surface area (Å²) in [6.07, 6.45) is 4.66. The van der Waals surface area contributed by atoms with Gasteiger partial charge in [-0.3, -0.25) is 4.79 Å². The van der Waals surface area contributed by atoms with Crippen LogP contribution in [0.25, 0.3) is 0 Å². The van der Waals surface area contributed by atoms with Crippen molar-refractivity contribution in [3.63, 3.8) is 0 Å². The van der Waals surface area contributed by atoms with Crippen LogP contribution in [0.2, 0.25) is 0 Å². The van der Waals surface area contributed by atoms with Gasteiger partial charge in [-0.1, -0.05) is 6.92 Å². The molecule has 0 unspecified atom stereocenters. The average Bonchev–Trinajstić information content (AvgIpc) is 2.39. The number of carboxylic acid groups (broad SMARTS) is 1. The van der Waals surface area contributed by atoms with Crippen molar-refractivity contribution in [1.82, 2.24) is 9.97 Å². The standard InChI is InChI=1S/C13H19N3O2/c1-2-11-8-12(15-9-14-11)16-5-3-10(4-6-16)7-13(17)18/h8-10H,2-7H2,1H3,(H,17,18). The molecular formula is C13H19N3O2. The Morgan fingerprint density at radius 3 is 2.78 bits per heavy atom. The molecule has 1 saturated heterocycles. The maximum atomic E-state index is 10.7. The van der Waals surface area contributed by atoms with Crippen molar-refractivity contribution in [1.29, 1.82) is 0 Å². The number of hydrogen-bond donors (Lipinski definition) is 1. The second-order valence-electron chi connectivity index (χ2n) is 4.75. The number of carbonyl (C=O) groups is 1. The van der Waals surface area contributed by atoms with E-state index in [1.54, 1.807) is 6.33 Å². The second-order valence-corrected chi connectivity index (χ2v) is 4.75. The Labute approximate surface area is 107 Å². The van der Waals surface area contributed by atoms with E-state index in [2.05, 4.69) is 21.8 Å². The molecule has 0 aliphatic carbocycles. The molecule has 2 rings (SSSR count). The number of aromatic nitrogens is 2. The van der Waals surface area contributed by atoms with Gasteiger partial charge in [0.05, 0.1) is 0 Å². The molecule has 0 radical (unpaired) electrons. The summed E-state index contributed by atoms with van der Waals surface area (Å²) >= 11 is 0. The second kappa shape index (κ2) is 5.80. The van der Waals surface area contributed by atoms with Gasteiger partial charge < -0.3 is 10.0 Å². The van der Waals surface area contributed by atoms with Crippen LogP contribution in [-0.4, -0.2) is 34.1 Å². The van der Waals surface area contributed by atoms with Crippen LogP contribution in [-0.2, 0) is 11.2 Å². The highest BCUT2D eigenvalue weighted by Gasteiger charge is 2.22. The van der Waals surface area contributed by atoms with Gasteiger partial charge in [0, 0.05) is 31.3 Å². The number of carboxylic acids is 1. The van der Waals surface area contributed by atoms with Crippen molar-refractivity contribution in [2.45, 2.75) is 32.6 Å². The summed E-state index contributed by atoms with van der Waals surface area (Å²) in [6, 6.07) is 2.03. The van der Waals surface area contributed by atoms with Crippen LogP contribution in [0.15, 0.2) is 12.4 Å². The van der Waals surface area contributed by atoms with Crippen LogP contribution in [0.3, 0.4) is 0 Å². The van der Waals surface area contributed by atoms with Gasteiger partial charge in [-0.2, -0.15) is 0 Å². The molecule has 0 saturated carbocycles. The zero-order valence-electron chi connectivity index (χ0n) is 10.7. The SMILES string of the molecule is CCc1cc(N2CCC(CC(=O)O)CC2)ncn1. The third-order valence-corrected chi connectivity index (χ3v) is 3.47. The molecule has 98 valence electrons. The van der Waals surface area contributed by atoms with E-state index in [0.717, 1.165) is 43.9 Å². The van der Waals surface area contributed by atoms with E-state index in [1.807, 2.05) is 6.07 Å². The minimum atomic E-state index is -0.691. The fraction of sp³-hybridized carbons (Fsp3) is 0.615. The fourth-order valence-corrected chi connectivity index (χ4v) is 2.37. The van der Waals surface area contributed by atoms with Crippen molar-refractivity contribution >= 4 is 11.8 Å². The predicted molar refractivity (Wildman–Crippen MR) is 68.6 cm³/mol. The van der Waals surface area contributed by atoms with Crippen LogP contribution >= 0.6 is 0 Å². The lowest BCUT2D eigenvalue weighted by molar-refractivity contribution is -0.138. The molecule has 1 aliphatic rings. The molecule has 2 heterocycles. The van der Waals surface area contributed by atoms with Gasteiger partial charge in [0.1, 0.15) is 12.1 Å². The minimum Gasteiger partial charge on any atom is -0.481 e. The van der Waals surface area contributed by atoms with Crippen LogP contribution in [0.4, 0.5) is 5.82 Å². The molecule has 0 bridgehead atoms. The van der Waals surface area contributed by atoms with E-state index in [-0.39, 0.29) is 6.42 Å². The summed E-state index contributed by atoms with van der Waals surface area (Å²) in [7, 11) is 0. The first-order chi connectivity index (χ1) is 8.69. The monoisotopic (exact) mass is 249 g/mol. The number of rotatable bonds is 4. The number of hydrogen-bond acceptors (Lipinski definition) is 4. The molecule has 0 spiro atoms. The summed E-state index contributed by atoms with van der Waals surface area (Å²) in [6.45, 7) is 3.85. The number of piperidine rings is 1. The third-order valence-electron chi connectivity index (χ3n) is 3.47. The summed E-state index contributed by atoms with van der Waals surface area (Å²) in [5.41, 5.74) is 1.05. The molecule has 1 N–H and O–H groups in total. The van der Waals surface area contributed by atoms with Gasteiger partial charge in [-0.05, 0) is 25.2 Å². The maximum absolute atomic E-state index is 10.7. The van der Waals surface area contributed by atoms with Crippen molar-refractivity contribution in [3.05, 3.63) is 18.1 Å². The molecule has 0 aromatic carbocycles. The summed E-state index contributed by atoms with van der Waals surface area (Å²) in [4.78, 5) is 21.4. The minimum absolute atomic E-state index is 0.290. The smallest absolute Gasteiger partial charge is 0.303 e. The first-order valence-corrected chi connectivity index (χ1v) is 6.46. The molecule has 18 heavy (non-hydrogen) atoms. The number of nitrogens with zero attached hydrogens (tertiary/aromatic N) is 3. The number of anilines is 1. The fourth-order valence-electron chi connectivity index (χ4n) is 2.37. The van der Waals surface area contributed by atoms with Gasteiger partial charge >= 0.3 is 5.97 Å². The molecule has 1 aromatic heterocycles. The third kappa shape index (κ3) is 3.18. The molecule has 0 amide bonds. The summed E-state index contributed by atoms with van der Waals surface area (Å²) in [5, 5.41) is 8.78. The highest BCUT2D eigenvalue weighted by Crippen LogP contribution is 2.24. The highest BCUT2D eigenvalue weighted by molar-refractivity contribution is 5.67. The molecule has 1 aliphatic heterocycles. The topological polar surface area (TPSA) is 66.3 Å². The average molecular weight is 249 g/mol. The van der Waals surface area contributed by atoms with E-state index in [1.165, 1.54) is 0 Å². The zero-order valence-corrected chi connectivity index (χ0v) is 10.7. The Morgan fingerprint density at radius 1 is 1.44 bits per heavy atom. The quantitative estimate of drug-likeness (QED) is 0.880. The lowest BCUT2D eigenvalue weighted by atomic mass is 9.93. The van der Waals surface area contributed by atoms with E-state index in [4.69, 9.17) is 5.11 Å². The Morgan fingerprint density at radius 2 is 2.17 bits per heavy atom. The summed E-state index contributed by atoms with van der Waals surface area (Å²) < 4.78 is 0. The predicted octanol–water partition coefficient (Wildman–Crippen LogP) is 1.73. The van der Waals surface area contributed by atoms with E-state index in [9.17, 15) is 4.79 Å². The largest absolute Gasteiger partial charge is 0.481 e. The molecular weight excluding hydrogens is 230 g/mol. The summed E-state index contributed by atoms with van der Waals surface area (Å²) in [5.74, 6) is 0.589. The molecule has 1 fully saturated rings. The molecule has 1 aromatic rings. The van der Waals surface area contributed by atoms with Crippen molar-refractivity contribution in [3.8, 4) is 0 Å². The van der Waals surface area contributed by atoms with E-state index < -0.39 is 5.97 Å². The highest BCUT2D eigenvalue weighted by atomic mass is 16.4. The van der Waals surface area contributed by atoms with Gasteiger partial charge in [-0.25, -0.2) is 9.97 Å². The first kappa shape index (κ1) is 12.8. The molecule has 5 nitrogen and oxygen atoms in total. The Bertz CT molecular complexity index is 414. The Balaban J connectivity index is 1.94.